The molecule has 2 heterocycles. The first-order chi connectivity index (χ1) is 23.6. The molecule has 0 atom stereocenters. The van der Waals surface area contributed by atoms with E-state index in [9.17, 15) is 0 Å². The van der Waals surface area contributed by atoms with Crippen LogP contribution in [0.15, 0.2) is 152 Å². The van der Waals surface area contributed by atoms with Crippen LogP contribution >= 0.6 is 0 Å². The molecule has 48 heavy (non-hydrogen) atoms. The zero-order chi connectivity index (χ0) is 32.0. The summed E-state index contributed by atoms with van der Waals surface area (Å²) in [6, 6.07) is 54.6. The fraction of sp³-hybridized carbons (Fsp3) is 0.0667. The summed E-state index contributed by atoms with van der Waals surface area (Å²) >= 11 is 0. The van der Waals surface area contributed by atoms with E-state index in [1.807, 2.05) is 0 Å². The molecular formula is C45H31N3. The van der Waals surface area contributed by atoms with Gasteiger partial charge in [0.1, 0.15) is 0 Å². The van der Waals surface area contributed by atoms with Crippen LogP contribution in [0.2, 0.25) is 0 Å². The number of rotatable bonds is 3. The van der Waals surface area contributed by atoms with Crippen molar-refractivity contribution in [3.8, 4) is 39.5 Å². The Hall–Kier alpha value is -6.06. The van der Waals surface area contributed by atoms with Gasteiger partial charge >= 0.3 is 0 Å². The third-order valence-corrected chi connectivity index (χ3v) is 10.4. The van der Waals surface area contributed by atoms with Gasteiger partial charge in [-0.05, 0) is 74.5 Å². The van der Waals surface area contributed by atoms with Crippen molar-refractivity contribution in [1.82, 2.24) is 14.5 Å². The van der Waals surface area contributed by atoms with Crippen LogP contribution < -0.4 is 0 Å². The lowest BCUT2D eigenvalue weighted by atomic mass is 9.82. The van der Waals surface area contributed by atoms with Crippen LogP contribution in [0.4, 0.5) is 0 Å². The van der Waals surface area contributed by atoms with E-state index in [0.717, 1.165) is 38.8 Å². The van der Waals surface area contributed by atoms with Crippen LogP contribution in [0.3, 0.4) is 0 Å². The fourth-order valence-electron chi connectivity index (χ4n) is 8.05. The second-order valence-corrected chi connectivity index (χ2v) is 13.4. The van der Waals surface area contributed by atoms with Crippen molar-refractivity contribution in [1.29, 1.82) is 0 Å². The van der Waals surface area contributed by atoms with Crippen LogP contribution in [0.5, 0.6) is 0 Å². The van der Waals surface area contributed by atoms with E-state index in [1.54, 1.807) is 0 Å². The van der Waals surface area contributed by atoms with Crippen molar-refractivity contribution in [3.63, 3.8) is 0 Å². The lowest BCUT2D eigenvalue weighted by Crippen LogP contribution is -2.14. The standard InChI is InChI=1S/C45H31N3/c1-45(2)37-20-10-8-18-33(37)42-34(19-12-21-38(42)45)43-36-26-31(28-13-4-3-5-14-28)23-24-39(36)46-44(47-43)48-40-22-11-9-17-32(40)35-25-29-15-6-7-16-30(29)27-41(35)48/h3-27H,1-2H3. The number of benzene rings is 7. The van der Waals surface area contributed by atoms with Crippen molar-refractivity contribution in [3.05, 3.63) is 163 Å². The Kier molecular flexibility index (Phi) is 5.63. The van der Waals surface area contributed by atoms with Crippen LogP contribution in [0.1, 0.15) is 25.0 Å². The van der Waals surface area contributed by atoms with Gasteiger partial charge in [-0.25, -0.2) is 9.97 Å². The van der Waals surface area contributed by atoms with Gasteiger partial charge in [-0.1, -0.05) is 135 Å². The Bertz CT molecular complexity index is 2750. The van der Waals surface area contributed by atoms with Crippen LogP contribution in [0, 0.1) is 0 Å². The highest BCUT2D eigenvalue weighted by Gasteiger charge is 2.37. The molecular weight excluding hydrogens is 583 g/mol. The number of para-hydroxylation sites is 1. The van der Waals surface area contributed by atoms with Crippen LogP contribution in [0.25, 0.3) is 82.9 Å². The fourth-order valence-corrected chi connectivity index (χ4v) is 8.05. The zero-order valence-corrected chi connectivity index (χ0v) is 26.8. The maximum absolute atomic E-state index is 5.58. The molecule has 0 saturated carbocycles. The highest BCUT2D eigenvalue weighted by Crippen LogP contribution is 2.52. The molecule has 0 saturated heterocycles. The largest absolute Gasteiger partial charge is 0.278 e. The molecule has 0 aliphatic heterocycles. The van der Waals surface area contributed by atoms with Gasteiger partial charge in [0, 0.05) is 27.1 Å². The minimum Gasteiger partial charge on any atom is -0.278 e. The molecule has 7 aromatic carbocycles. The van der Waals surface area contributed by atoms with Gasteiger partial charge in [-0.3, -0.25) is 4.57 Å². The second-order valence-electron chi connectivity index (χ2n) is 13.4. The molecule has 0 radical (unpaired) electrons. The first kappa shape index (κ1) is 27.1. The summed E-state index contributed by atoms with van der Waals surface area (Å²) in [4.78, 5) is 10.9. The summed E-state index contributed by atoms with van der Waals surface area (Å²) in [7, 11) is 0. The molecule has 0 amide bonds. The lowest BCUT2D eigenvalue weighted by Gasteiger charge is -2.21. The third kappa shape index (κ3) is 3.82. The molecule has 0 fully saturated rings. The average molecular weight is 614 g/mol. The summed E-state index contributed by atoms with van der Waals surface area (Å²) in [6.07, 6.45) is 0. The highest BCUT2D eigenvalue weighted by molar-refractivity contribution is 6.13. The van der Waals surface area contributed by atoms with Crippen LogP contribution in [-0.4, -0.2) is 14.5 Å². The Morgan fingerprint density at radius 2 is 1.19 bits per heavy atom. The highest BCUT2D eigenvalue weighted by atomic mass is 15.2. The lowest BCUT2D eigenvalue weighted by molar-refractivity contribution is 0.660. The Balaban J connectivity index is 1.33. The number of aromatic nitrogens is 3. The predicted octanol–water partition coefficient (Wildman–Crippen LogP) is 11.5. The summed E-state index contributed by atoms with van der Waals surface area (Å²) < 4.78 is 2.26. The van der Waals surface area contributed by atoms with Crippen molar-refractivity contribution in [2.75, 3.05) is 0 Å². The number of fused-ring (bicyclic) bond motifs is 8. The molecule has 10 rings (SSSR count). The first-order valence-electron chi connectivity index (χ1n) is 16.6. The number of hydrogen-bond donors (Lipinski definition) is 0. The molecule has 0 spiro atoms. The van der Waals surface area contributed by atoms with Crippen molar-refractivity contribution in [2.45, 2.75) is 19.3 Å². The van der Waals surface area contributed by atoms with Crippen molar-refractivity contribution in [2.24, 2.45) is 0 Å². The SMILES string of the molecule is CC1(C)c2ccccc2-c2c(-c3nc(-n4c5ccccc5c5cc6ccccc6cc54)nc4ccc(-c5ccccc5)cc34)cccc21. The number of nitrogens with zero attached hydrogens (tertiary/aromatic N) is 3. The van der Waals surface area contributed by atoms with E-state index >= 15 is 0 Å². The minimum absolute atomic E-state index is 0.114. The maximum atomic E-state index is 5.58. The second kappa shape index (κ2) is 9.97. The van der Waals surface area contributed by atoms with E-state index in [4.69, 9.17) is 9.97 Å². The molecule has 1 aliphatic carbocycles. The molecule has 0 bridgehead atoms. The minimum atomic E-state index is -0.114. The van der Waals surface area contributed by atoms with Crippen molar-refractivity contribution >= 4 is 43.5 Å². The van der Waals surface area contributed by atoms with Gasteiger partial charge in [0.05, 0.1) is 22.2 Å². The maximum Gasteiger partial charge on any atom is 0.235 e. The molecule has 1 aliphatic rings. The van der Waals surface area contributed by atoms with Gasteiger partial charge < -0.3 is 0 Å². The van der Waals surface area contributed by atoms with E-state index < -0.39 is 0 Å². The molecule has 3 nitrogen and oxygen atoms in total. The molecule has 0 unspecified atom stereocenters. The molecule has 2 aromatic heterocycles. The Labute approximate surface area is 278 Å². The van der Waals surface area contributed by atoms with E-state index in [-0.39, 0.29) is 5.41 Å². The number of hydrogen-bond acceptors (Lipinski definition) is 2. The third-order valence-electron chi connectivity index (χ3n) is 10.4. The molecule has 0 N–H and O–H groups in total. The summed E-state index contributed by atoms with van der Waals surface area (Å²) in [5.74, 6) is 0.676. The van der Waals surface area contributed by atoms with Gasteiger partial charge in [-0.2, -0.15) is 0 Å². The van der Waals surface area contributed by atoms with Gasteiger partial charge in [0.2, 0.25) is 5.95 Å². The first-order valence-corrected chi connectivity index (χ1v) is 16.6. The van der Waals surface area contributed by atoms with Crippen LogP contribution in [-0.2, 0) is 5.41 Å². The summed E-state index contributed by atoms with van der Waals surface area (Å²) in [5, 5.41) is 5.86. The molecule has 226 valence electrons. The smallest absolute Gasteiger partial charge is 0.235 e. The summed E-state index contributed by atoms with van der Waals surface area (Å²) in [6.45, 7) is 4.67. The average Bonchev–Trinajstić information content (AvgIpc) is 3.58. The normalized spacial score (nSPS) is 13.4. The van der Waals surface area contributed by atoms with E-state index in [0.29, 0.717) is 5.95 Å². The van der Waals surface area contributed by atoms with Gasteiger partial charge in [0.25, 0.3) is 0 Å². The summed E-state index contributed by atoms with van der Waals surface area (Å²) in [5.41, 5.74) is 12.6. The Morgan fingerprint density at radius 3 is 2.06 bits per heavy atom. The predicted molar refractivity (Wildman–Crippen MR) is 200 cm³/mol. The van der Waals surface area contributed by atoms with Gasteiger partial charge in [-0.15, -0.1) is 0 Å². The van der Waals surface area contributed by atoms with Gasteiger partial charge in [0.15, 0.2) is 0 Å². The zero-order valence-electron chi connectivity index (χ0n) is 26.8. The topological polar surface area (TPSA) is 30.7 Å². The van der Waals surface area contributed by atoms with Crippen molar-refractivity contribution < 1.29 is 0 Å². The molecule has 9 aromatic rings. The monoisotopic (exact) mass is 613 g/mol. The molecule has 3 heteroatoms. The van der Waals surface area contributed by atoms with E-state index in [1.165, 1.54) is 49.4 Å². The Morgan fingerprint density at radius 1 is 0.479 bits per heavy atom. The van der Waals surface area contributed by atoms with E-state index in [2.05, 4.69) is 170 Å². The quantitative estimate of drug-likeness (QED) is 0.198.